The van der Waals surface area contributed by atoms with E-state index in [9.17, 15) is 0 Å². The Bertz CT molecular complexity index is 567. The first-order valence-corrected chi connectivity index (χ1v) is 7.89. The number of fused-ring (bicyclic) bond motifs is 1. The van der Waals surface area contributed by atoms with Crippen molar-refractivity contribution in [1.29, 1.82) is 0 Å². The molecule has 21 heavy (non-hydrogen) atoms. The molecule has 2 aromatic carbocycles. The molecule has 0 bridgehead atoms. The minimum atomic E-state index is 0.296. The smallest absolute Gasteiger partial charge is 0.124 e. The monoisotopic (exact) mass is 281 g/mol. The van der Waals surface area contributed by atoms with E-state index in [0.29, 0.717) is 12.1 Å². The average Bonchev–Trinajstić information content (AvgIpc) is 2.54. The molecule has 110 valence electrons. The van der Waals surface area contributed by atoms with E-state index in [4.69, 9.17) is 4.74 Å². The zero-order chi connectivity index (χ0) is 14.5. The molecule has 0 aliphatic carbocycles. The molecule has 3 rings (SSSR count). The molecule has 0 amide bonds. The summed E-state index contributed by atoms with van der Waals surface area (Å²) in [6.07, 6.45) is 3.49. The molecule has 1 heterocycles. The molecular weight excluding hydrogens is 258 g/mol. The van der Waals surface area contributed by atoms with Gasteiger partial charge < -0.3 is 10.1 Å². The Morgan fingerprint density at radius 1 is 1.05 bits per heavy atom. The molecule has 2 nitrogen and oxygen atoms in total. The van der Waals surface area contributed by atoms with E-state index < -0.39 is 0 Å². The van der Waals surface area contributed by atoms with Gasteiger partial charge >= 0.3 is 0 Å². The summed E-state index contributed by atoms with van der Waals surface area (Å²) < 4.78 is 6.19. The highest BCUT2D eigenvalue weighted by Gasteiger charge is 2.27. The molecule has 0 saturated carbocycles. The minimum absolute atomic E-state index is 0.296. The Morgan fingerprint density at radius 3 is 2.62 bits per heavy atom. The second-order valence-corrected chi connectivity index (χ2v) is 5.65. The van der Waals surface area contributed by atoms with Crippen LogP contribution in [0.4, 0.5) is 0 Å². The molecule has 2 atom stereocenters. The SMILES string of the molecule is CCNC1CC(CCc2ccccc2)Oc2ccccc21. The van der Waals surface area contributed by atoms with Gasteiger partial charge in [0.25, 0.3) is 0 Å². The van der Waals surface area contributed by atoms with E-state index in [1.54, 1.807) is 0 Å². The lowest BCUT2D eigenvalue weighted by atomic mass is 9.93. The molecule has 0 saturated heterocycles. The fraction of sp³-hybridized carbons (Fsp3) is 0.368. The van der Waals surface area contributed by atoms with Gasteiger partial charge in [-0.05, 0) is 31.0 Å². The maximum Gasteiger partial charge on any atom is 0.124 e. The number of hydrogen-bond acceptors (Lipinski definition) is 2. The Labute approximate surface area is 127 Å². The fourth-order valence-electron chi connectivity index (χ4n) is 3.08. The highest BCUT2D eigenvalue weighted by atomic mass is 16.5. The summed E-state index contributed by atoms with van der Waals surface area (Å²) in [7, 11) is 0. The topological polar surface area (TPSA) is 21.3 Å². The van der Waals surface area contributed by atoms with Gasteiger partial charge in [-0.2, -0.15) is 0 Å². The molecule has 2 heteroatoms. The third kappa shape index (κ3) is 3.45. The first kappa shape index (κ1) is 14.2. The summed E-state index contributed by atoms with van der Waals surface area (Å²) in [5.74, 6) is 1.05. The van der Waals surface area contributed by atoms with E-state index in [2.05, 4.69) is 66.8 Å². The van der Waals surface area contributed by atoms with Crippen molar-refractivity contribution in [3.8, 4) is 5.75 Å². The molecule has 0 radical (unpaired) electrons. The first-order valence-electron chi connectivity index (χ1n) is 7.89. The Balaban J connectivity index is 1.68. The quantitative estimate of drug-likeness (QED) is 0.890. The lowest BCUT2D eigenvalue weighted by Crippen LogP contribution is -2.33. The van der Waals surface area contributed by atoms with Crippen molar-refractivity contribution < 1.29 is 4.74 Å². The van der Waals surface area contributed by atoms with Crippen LogP contribution in [-0.4, -0.2) is 12.6 Å². The van der Waals surface area contributed by atoms with Crippen molar-refractivity contribution in [2.45, 2.75) is 38.3 Å². The zero-order valence-corrected chi connectivity index (χ0v) is 12.6. The molecule has 0 fully saturated rings. The predicted octanol–water partition coefficient (Wildman–Crippen LogP) is 4.12. The number of aryl methyl sites for hydroxylation is 1. The van der Waals surface area contributed by atoms with Crippen LogP contribution in [0, 0.1) is 0 Å². The lowest BCUT2D eigenvalue weighted by Gasteiger charge is -2.32. The molecule has 1 N–H and O–H groups in total. The van der Waals surface area contributed by atoms with Crippen LogP contribution in [0.15, 0.2) is 54.6 Å². The van der Waals surface area contributed by atoms with Crippen LogP contribution >= 0.6 is 0 Å². The maximum absolute atomic E-state index is 6.19. The first-order chi connectivity index (χ1) is 10.4. The van der Waals surface area contributed by atoms with Gasteiger partial charge in [-0.3, -0.25) is 0 Å². The van der Waals surface area contributed by atoms with Crippen molar-refractivity contribution in [3.63, 3.8) is 0 Å². The van der Waals surface area contributed by atoms with Crippen molar-refractivity contribution in [1.82, 2.24) is 5.32 Å². The Kier molecular flexibility index (Phi) is 4.56. The summed E-state index contributed by atoms with van der Waals surface area (Å²) in [4.78, 5) is 0. The average molecular weight is 281 g/mol. The predicted molar refractivity (Wildman–Crippen MR) is 86.7 cm³/mol. The maximum atomic E-state index is 6.19. The number of para-hydroxylation sites is 1. The third-order valence-corrected chi connectivity index (χ3v) is 4.13. The fourth-order valence-corrected chi connectivity index (χ4v) is 3.08. The van der Waals surface area contributed by atoms with Gasteiger partial charge in [-0.25, -0.2) is 0 Å². The van der Waals surface area contributed by atoms with Crippen LogP contribution in [0.2, 0.25) is 0 Å². The van der Waals surface area contributed by atoms with E-state index >= 15 is 0 Å². The molecule has 0 aromatic heterocycles. The molecule has 0 spiro atoms. The molecule has 1 aliphatic heterocycles. The summed E-state index contributed by atoms with van der Waals surface area (Å²) >= 11 is 0. The largest absolute Gasteiger partial charge is 0.490 e. The molecule has 2 unspecified atom stereocenters. The summed E-state index contributed by atoms with van der Waals surface area (Å²) in [6.45, 7) is 3.15. The van der Waals surface area contributed by atoms with E-state index in [1.807, 2.05) is 0 Å². The van der Waals surface area contributed by atoms with Crippen molar-refractivity contribution in [2.24, 2.45) is 0 Å². The van der Waals surface area contributed by atoms with Gasteiger partial charge in [-0.15, -0.1) is 0 Å². The van der Waals surface area contributed by atoms with E-state index in [-0.39, 0.29) is 0 Å². The molecular formula is C19H23NO. The van der Waals surface area contributed by atoms with Gasteiger partial charge in [0.1, 0.15) is 11.9 Å². The van der Waals surface area contributed by atoms with Gasteiger partial charge in [0, 0.05) is 18.0 Å². The molecule has 2 aromatic rings. The van der Waals surface area contributed by atoms with Gasteiger partial charge in [-0.1, -0.05) is 55.5 Å². The highest BCUT2D eigenvalue weighted by molar-refractivity contribution is 5.38. The molecule has 1 aliphatic rings. The number of ether oxygens (including phenoxy) is 1. The van der Waals surface area contributed by atoms with Gasteiger partial charge in [0.15, 0.2) is 0 Å². The van der Waals surface area contributed by atoms with Gasteiger partial charge in [0.05, 0.1) is 0 Å². The van der Waals surface area contributed by atoms with Crippen LogP contribution in [0.3, 0.4) is 0 Å². The van der Waals surface area contributed by atoms with E-state index in [1.165, 1.54) is 11.1 Å². The number of hydrogen-bond donors (Lipinski definition) is 1. The number of benzene rings is 2. The van der Waals surface area contributed by atoms with Crippen LogP contribution in [0.25, 0.3) is 0 Å². The standard InChI is InChI=1S/C19H23NO/c1-2-20-18-14-16(13-12-15-8-4-3-5-9-15)21-19-11-7-6-10-17(18)19/h3-11,16,18,20H,2,12-14H2,1H3. The lowest BCUT2D eigenvalue weighted by molar-refractivity contribution is 0.142. The van der Waals surface area contributed by atoms with Crippen LogP contribution in [0.1, 0.15) is 36.9 Å². The van der Waals surface area contributed by atoms with E-state index in [0.717, 1.165) is 31.6 Å². The van der Waals surface area contributed by atoms with Crippen LogP contribution in [-0.2, 0) is 6.42 Å². The Hall–Kier alpha value is -1.80. The Morgan fingerprint density at radius 2 is 1.81 bits per heavy atom. The second-order valence-electron chi connectivity index (χ2n) is 5.65. The third-order valence-electron chi connectivity index (χ3n) is 4.13. The summed E-state index contributed by atoms with van der Waals surface area (Å²) in [5, 5.41) is 3.59. The van der Waals surface area contributed by atoms with Gasteiger partial charge in [0.2, 0.25) is 0 Å². The summed E-state index contributed by atoms with van der Waals surface area (Å²) in [6, 6.07) is 19.5. The van der Waals surface area contributed by atoms with Crippen molar-refractivity contribution >= 4 is 0 Å². The van der Waals surface area contributed by atoms with Crippen LogP contribution < -0.4 is 10.1 Å². The second kappa shape index (κ2) is 6.77. The zero-order valence-electron chi connectivity index (χ0n) is 12.6. The van der Waals surface area contributed by atoms with Crippen molar-refractivity contribution in [2.75, 3.05) is 6.54 Å². The number of nitrogens with one attached hydrogen (secondary N) is 1. The van der Waals surface area contributed by atoms with Crippen molar-refractivity contribution in [3.05, 3.63) is 65.7 Å². The minimum Gasteiger partial charge on any atom is -0.490 e. The highest BCUT2D eigenvalue weighted by Crippen LogP contribution is 2.35. The number of rotatable bonds is 5. The van der Waals surface area contributed by atoms with Crippen LogP contribution in [0.5, 0.6) is 5.75 Å². The normalized spacial score (nSPS) is 20.6. The summed E-state index contributed by atoms with van der Waals surface area (Å²) in [5.41, 5.74) is 2.69.